The van der Waals surface area contributed by atoms with Gasteiger partial charge in [0.1, 0.15) is 5.65 Å². The highest BCUT2D eigenvalue weighted by molar-refractivity contribution is 6.13. The third kappa shape index (κ3) is 3.98. The first-order valence-corrected chi connectivity index (χ1v) is 13.3. The second kappa shape index (κ2) is 9.75. The monoisotopic (exact) mass is 514 g/mol. The van der Waals surface area contributed by atoms with Crippen LogP contribution in [0.1, 0.15) is 18.2 Å². The van der Waals surface area contributed by atoms with E-state index in [2.05, 4.69) is 126 Å². The molecule has 4 heteroatoms. The van der Waals surface area contributed by atoms with Gasteiger partial charge in [0.15, 0.2) is 0 Å². The summed E-state index contributed by atoms with van der Waals surface area (Å²) >= 11 is 0. The van der Waals surface area contributed by atoms with E-state index in [0.29, 0.717) is 5.70 Å². The van der Waals surface area contributed by atoms with Gasteiger partial charge in [0.05, 0.1) is 27.9 Å². The van der Waals surface area contributed by atoms with Crippen LogP contribution in [0.5, 0.6) is 0 Å². The molecular formula is C36H26N4. The fraction of sp³-hybridized carbons (Fsp3) is 0.0278. The number of para-hydroxylation sites is 3. The molecule has 4 aromatic carbocycles. The number of rotatable bonds is 5. The molecular weight excluding hydrogens is 488 g/mol. The van der Waals surface area contributed by atoms with E-state index < -0.39 is 0 Å². The Morgan fingerprint density at radius 1 is 0.725 bits per heavy atom. The summed E-state index contributed by atoms with van der Waals surface area (Å²) in [5.41, 5.74) is 10.2. The Balaban J connectivity index is 1.32. The second-order valence-electron chi connectivity index (χ2n) is 9.89. The van der Waals surface area contributed by atoms with Gasteiger partial charge in [-0.3, -0.25) is 14.4 Å². The molecule has 0 aliphatic carbocycles. The van der Waals surface area contributed by atoms with E-state index in [-0.39, 0.29) is 0 Å². The highest BCUT2D eigenvalue weighted by atomic mass is 15.0. The molecule has 0 N–H and O–H groups in total. The van der Waals surface area contributed by atoms with E-state index >= 15 is 0 Å². The van der Waals surface area contributed by atoms with Crippen molar-refractivity contribution in [3.05, 3.63) is 139 Å². The summed E-state index contributed by atoms with van der Waals surface area (Å²) in [6, 6.07) is 37.8. The summed E-state index contributed by atoms with van der Waals surface area (Å²) in [6.07, 6.45) is 6.00. The van der Waals surface area contributed by atoms with Gasteiger partial charge in [-0.2, -0.15) is 0 Å². The number of aromatic nitrogens is 3. The SMILES string of the molecule is C=N/C(=C\C=C(/C)c1ccc(-c2ccccc2)cc1)c1cc2c(cn1)c1ccccc1n1c3ccccc3nc21. The Hall–Kier alpha value is -5.35. The average Bonchev–Trinajstić information content (AvgIpc) is 3.42. The lowest BCUT2D eigenvalue weighted by atomic mass is 10.0. The lowest BCUT2D eigenvalue weighted by molar-refractivity contribution is 1.27. The third-order valence-electron chi connectivity index (χ3n) is 7.51. The zero-order chi connectivity index (χ0) is 27.1. The van der Waals surface area contributed by atoms with Crippen molar-refractivity contribution in [2.45, 2.75) is 6.92 Å². The predicted octanol–water partition coefficient (Wildman–Crippen LogP) is 9.00. The Kier molecular flexibility index (Phi) is 5.79. The minimum Gasteiger partial charge on any atom is -0.292 e. The molecule has 0 saturated heterocycles. The van der Waals surface area contributed by atoms with Crippen molar-refractivity contribution < 1.29 is 0 Å². The zero-order valence-corrected chi connectivity index (χ0v) is 22.1. The van der Waals surface area contributed by atoms with Crippen molar-refractivity contribution in [2.75, 3.05) is 0 Å². The van der Waals surface area contributed by atoms with Crippen LogP contribution in [-0.2, 0) is 0 Å². The van der Waals surface area contributed by atoms with Gasteiger partial charge in [-0.15, -0.1) is 0 Å². The second-order valence-corrected chi connectivity index (χ2v) is 9.89. The summed E-state index contributed by atoms with van der Waals surface area (Å²) < 4.78 is 2.24. The summed E-state index contributed by atoms with van der Waals surface area (Å²) in [5, 5.41) is 3.24. The summed E-state index contributed by atoms with van der Waals surface area (Å²) in [4.78, 5) is 14.2. The van der Waals surface area contributed by atoms with Crippen molar-refractivity contribution in [3.8, 4) is 11.1 Å². The maximum absolute atomic E-state index is 5.02. The van der Waals surface area contributed by atoms with Crippen molar-refractivity contribution in [2.24, 2.45) is 4.99 Å². The molecule has 7 aromatic rings. The summed E-state index contributed by atoms with van der Waals surface area (Å²) in [7, 11) is 0. The van der Waals surface area contributed by atoms with Gasteiger partial charge in [0.2, 0.25) is 0 Å². The van der Waals surface area contributed by atoms with Crippen molar-refractivity contribution in [1.82, 2.24) is 14.4 Å². The first-order valence-electron chi connectivity index (χ1n) is 13.3. The van der Waals surface area contributed by atoms with Crippen LogP contribution < -0.4 is 0 Å². The predicted molar refractivity (Wildman–Crippen MR) is 169 cm³/mol. The zero-order valence-electron chi connectivity index (χ0n) is 22.1. The molecule has 3 heterocycles. The topological polar surface area (TPSA) is 42.5 Å². The molecule has 4 nitrogen and oxygen atoms in total. The first-order chi connectivity index (χ1) is 19.7. The smallest absolute Gasteiger partial charge is 0.146 e. The molecule has 0 radical (unpaired) electrons. The highest BCUT2D eigenvalue weighted by Gasteiger charge is 2.15. The number of pyridine rings is 2. The number of benzene rings is 4. The van der Waals surface area contributed by atoms with E-state index in [4.69, 9.17) is 9.97 Å². The Morgan fingerprint density at radius 2 is 1.43 bits per heavy atom. The van der Waals surface area contributed by atoms with Crippen LogP contribution in [0.25, 0.3) is 60.8 Å². The Morgan fingerprint density at radius 3 is 2.23 bits per heavy atom. The molecule has 3 aromatic heterocycles. The number of aliphatic imine (C=N–C) groups is 1. The van der Waals surface area contributed by atoms with Gasteiger partial charge >= 0.3 is 0 Å². The summed E-state index contributed by atoms with van der Waals surface area (Å²) in [6.45, 7) is 5.96. The lowest BCUT2D eigenvalue weighted by Gasteiger charge is -2.10. The van der Waals surface area contributed by atoms with Crippen LogP contribution in [0.2, 0.25) is 0 Å². The molecule has 0 bridgehead atoms. The Bertz CT molecular complexity index is 2110. The van der Waals surface area contributed by atoms with E-state index in [9.17, 15) is 0 Å². The molecule has 0 fully saturated rings. The van der Waals surface area contributed by atoms with Crippen LogP contribution in [0.15, 0.2) is 133 Å². The lowest BCUT2D eigenvalue weighted by Crippen LogP contribution is -1.94. The quantitative estimate of drug-likeness (QED) is 0.131. The van der Waals surface area contributed by atoms with Gasteiger partial charge in [-0.25, -0.2) is 4.98 Å². The van der Waals surface area contributed by atoms with Crippen LogP contribution in [0.3, 0.4) is 0 Å². The summed E-state index contributed by atoms with van der Waals surface area (Å²) in [5.74, 6) is 0. The molecule has 0 atom stereocenters. The van der Waals surface area contributed by atoms with Gasteiger partial charge < -0.3 is 0 Å². The molecule has 0 spiro atoms. The maximum Gasteiger partial charge on any atom is 0.146 e. The van der Waals surface area contributed by atoms with Crippen LogP contribution in [0.4, 0.5) is 0 Å². The molecule has 40 heavy (non-hydrogen) atoms. The number of hydrogen-bond acceptors (Lipinski definition) is 3. The average molecular weight is 515 g/mol. The maximum atomic E-state index is 5.02. The van der Waals surface area contributed by atoms with E-state index in [1.165, 1.54) is 11.1 Å². The minimum atomic E-state index is 0.713. The molecule has 0 aliphatic heterocycles. The standard InChI is InChI=1S/C36H26N4/c1-24(25-17-19-27(20-18-25)26-10-4-3-5-11-26)16-21-31(37-2)33-22-29-30(23-38-33)28-12-6-8-14-34(28)40-35-15-9-7-13-32(35)39-36(29)40/h3-23H,2H2,1H3/b24-16+,31-21-. The van der Waals surface area contributed by atoms with Crippen molar-refractivity contribution in [1.29, 1.82) is 0 Å². The molecule has 0 amide bonds. The third-order valence-corrected chi connectivity index (χ3v) is 7.51. The van der Waals surface area contributed by atoms with Crippen LogP contribution >= 0.6 is 0 Å². The molecule has 0 unspecified atom stereocenters. The fourth-order valence-corrected chi connectivity index (χ4v) is 5.42. The van der Waals surface area contributed by atoms with E-state index in [1.807, 2.05) is 24.4 Å². The van der Waals surface area contributed by atoms with Gasteiger partial charge in [-0.05, 0) is 66.2 Å². The van der Waals surface area contributed by atoms with Crippen LogP contribution in [0, 0.1) is 0 Å². The minimum absolute atomic E-state index is 0.713. The Labute approximate surface area is 232 Å². The van der Waals surface area contributed by atoms with E-state index in [1.54, 1.807) is 0 Å². The number of allylic oxidation sites excluding steroid dienone is 3. The van der Waals surface area contributed by atoms with Gasteiger partial charge in [0, 0.05) is 22.4 Å². The number of nitrogens with zero attached hydrogens (tertiary/aromatic N) is 4. The fourth-order valence-electron chi connectivity index (χ4n) is 5.42. The number of hydrogen-bond donors (Lipinski definition) is 0. The number of fused-ring (bicyclic) bond motifs is 8. The molecule has 190 valence electrons. The molecule has 7 rings (SSSR count). The highest BCUT2D eigenvalue weighted by Crippen LogP contribution is 2.33. The van der Waals surface area contributed by atoms with Gasteiger partial charge in [-0.1, -0.05) is 91.0 Å². The molecule has 0 aliphatic rings. The van der Waals surface area contributed by atoms with Gasteiger partial charge in [0.25, 0.3) is 0 Å². The van der Waals surface area contributed by atoms with Crippen molar-refractivity contribution in [3.63, 3.8) is 0 Å². The normalized spacial score (nSPS) is 12.5. The first kappa shape index (κ1) is 23.7. The largest absolute Gasteiger partial charge is 0.292 e. The van der Waals surface area contributed by atoms with E-state index in [0.717, 1.165) is 55.2 Å². The number of imidazole rings is 1. The van der Waals surface area contributed by atoms with Crippen molar-refractivity contribution >= 4 is 56.3 Å². The molecule has 0 saturated carbocycles. The van der Waals surface area contributed by atoms with Crippen LogP contribution in [-0.4, -0.2) is 21.1 Å².